The third-order valence-electron chi connectivity index (χ3n) is 7.31. The van der Waals surface area contributed by atoms with Crippen molar-refractivity contribution in [1.82, 2.24) is 9.66 Å². The van der Waals surface area contributed by atoms with Crippen LogP contribution in [0.4, 0.5) is 0 Å². The zero-order valence-electron chi connectivity index (χ0n) is 26.4. The van der Waals surface area contributed by atoms with E-state index in [9.17, 15) is 4.79 Å². The van der Waals surface area contributed by atoms with Gasteiger partial charge in [-0.05, 0) is 99.5 Å². The Hall–Kier alpha value is -4.39. The highest BCUT2D eigenvalue weighted by molar-refractivity contribution is 5.83. The quantitative estimate of drug-likeness (QED) is 0.118. The fourth-order valence-electron chi connectivity index (χ4n) is 4.95. The Balaban J connectivity index is 1.93. The number of para-hydroxylation sites is 1. The van der Waals surface area contributed by atoms with Crippen molar-refractivity contribution in [2.75, 3.05) is 13.2 Å². The molecule has 4 rings (SSSR count). The summed E-state index contributed by atoms with van der Waals surface area (Å²) in [6.07, 6.45) is 5.01. The van der Waals surface area contributed by atoms with Crippen molar-refractivity contribution in [2.24, 2.45) is 5.10 Å². The number of fused-ring (bicyclic) bond motifs is 1. The van der Waals surface area contributed by atoms with Gasteiger partial charge in [0.1, 0.15) is 5.75 Å². The van der Waals surface area contributed by atoms with E-state index in [0.717, 1.165) is 40.0 Å². The standard InChI is InChI=1S/C36H43N3O4/c1-9-15-27-19-26(20-33(42-12-4)34(27)43-25(8)10-2)22-37-39-35(38-31-17-14-13-16-28(31)36(39)40)30-21-29(23(5)6)32(41-11-3)18-24(30)7/h9,13-14,16-23,25H,1,10-12,15H2,2-8H3/t25-/m0/s1. The van der Waals surface area contributed by atoms with Crippen LogP contribution in [0, 0.1) is 6.92 Å². The summed E-state index contributed by atoms with van der Waals surface area (Å²) in [5.41, 5.74) is 4.90. The van der Waals surface area contributed by atoms with Crippen molar-refractivity contribution in [3.05, 3.63) is 93.8 Å². The molecule has 1 atom stereocenters. The maximum atomic E-state index is 13.9. The van der Waals surface area contributed by atoms with Crippen LogP contribution in [0.3, 0.4) is 0 Å². The number of aromatic nitrogens is 2. The third-order valence-corrected chi connectivity index (χ3v) is 7.31. The summed E-state index contributed by atoms with van der Waals surface area (Å²) >= 11 is 0. The van der Waals surface area contributed by atoms with Gasteiger partial charge < -0.3 is 14.2 Å². The summed E-state index contributed by atoms with van der Waals surface area (Å²) in [5.74, 6) is 2.87. The number of aryl methyl sites for hydroxylation is 1. The molecular weight excluding hydrogens is 538 g/mol. The first kappa shape index (κ1) is 31.5. The number of allylic oxidation sites excluding steroid dienone is 1. The van der Waals surface area contributed by atoms with Gasteiger partial charge in [-0.3, -0.25) is 4.79 Å². The van der Waals surface area contributed by atoms with E-state index in [2.05, 4.69) is 33.4 Å². The average molecular weight is 582 g/mol. The van der Waals surface area contributed by atoms with E-state index in [0.29, 0.717) is 47.9 Å². The molecule has 1 aromatic heterocycles. The number of rotatable bonds is 13. The maximum Gasteiger partial charge on any atom is 0.282 e. The lowest BCUT2D eigenvalue weighted by molar-refractivity contribution is 0.201. The largest absolute Gasteiger partial charge is 0.494 e. The molecule has 0 saturated carbocycles. The first-order valence-electron chi connectivity index (χ1n) is 15.1. The van der Waals surface area contributed by atoms with Gasteiger partial charge in [0, 0.05) is 11.1 Å². The molecule has 3 aromatic carbocycles. The second-order valence-electron chi connectivity index (χ2n) is 10.9. The molecule has 0 N–H and O–H groups in total. The number of ether oxygens (including phenoxy) is 3. The number of benzene rings is 3. The number of hydrogen-bond donors (Lipinski definition) is 0. The topological polar surface area (TPSA) is 74.9 Å². The fraction of sp³-hybridized carbons (Fsp3) is 0.361. The second-order valence-corrected chi connectivity index (χ2v) is 10.9. The molecule has 0 fully saturated rings. The van der Waals surface area contributed by atoms with E-state index in [1.165, 1.54) is 4.68 Å². The van der Waals surface area contributed by atoms with Crippen molar-refractivity contribution >= 4 is 17.1 Å². The monoisotopic (exact) mass is 581 g/mol. The first-order chi connectivity index (χ1) is 20.7. The molecule has 0 amide bonds. The SMILES string of the molecule is C=CCc1cc(C=Nn2c(-c3cc(C(C)C)c(OCC)cc3C)nc3ccccc3c2=O)cc(OCC)c1O[C@@H](C)CC. The smallest absolute Gasteiger partial charge is 0.282 e. The van der Waals surface area contributed by atoms with E-state index in [-0.39, 0.29) is 17.6 Å². The third kappa shape index (κ3) is 6.99. The molecule has 0 spiro atoms. The molecule has 1 heterocycles. The van der Waals surface area contributed by atoms with Crippen LogP contribution in [-0.2, 0) is 6.42 Å². The molecule has 0 unspecified atom stereocenters. The molecule has 0 aliphatic carbocycles. The normalized spacial score (nSPS) is 12.2. The summed E-state index contributed by atoms with van der Waals surface area (Å²) < 4.78 is 19.6. The van der Waals surface area contributed by atoms with Crippen LogP contribution < -0.4 is 19.8 Å². The molecular formula is C36H43N3O4. The molecule has 0 bridgehead atoms. The van der Waals surface area contributed by atoms with Crippen LogP contribution >= 0.6 is 0 Å². The van der Waals surface area contributed by atoms with Crippen LogP contribution in [-0.4, -0.2) is 35.2 Å². The average Bonchev–Trinajstić information content (AvgIpc) is 2.98. The van der Waals surface area contributed by atoms with Gasteiger partial charge in [-0.2, -0.15) is 9.78 Å². The highest BCUT2D eigenvalue weighted by Gasteiger charge is 2.19. The summed E-state index contributed by atoms with van der Waals surface area (Å²) in [6.45, 7) is 19.3. The molecule has 4 aromatic rings. The summed E-state index contributed by atoms with van der Waals surface area (Å²) in [5, 5.41) is 5.25. The number of hydrogen-bond acceptors (Lipinski definition) is 6. The van der Waals surface area contributed by atoms with E-state index < -0.39 is 0 Å². The Morgan fingerprint density at radius 1 is 1.00 bits per heavy atom. The zero-order valence-corrected chi connectivity index (χ0v) is 26.4. The highest BCUT2D eigenvalue weighted by Crippen LogP contribution is 2.36. The second kappa shape index (κ2) is 14.2. The van der Waals surface area contributed by atoms with Crippen molar-refractivity contribution in [3.63, 3.8) is 0 Å². The van der Waals surface area contributed by atoms with Gasteiger partial charge in [0.25, 0.3) is 5.56 Å². The lowest BCUT2D eigenvalue weighted by atomic mass is 9.96. The Labute approximate surface area is 254 Å². The lowest BCUT2D eigenvalue weighted by Crippen LogP contribution is -2.21. The molecule has 7 heteroatoms. The van der Waals surface area contributed by atoms with Gasteiger partial charge in [-0.15, -0.1) is 6.58 Å². The molecule has 0 aliphatic heterocycles. The Kier molecular flexibility index (Phi) is 10.4. The van der Waals surface area contributed by atoms with Crippen LogP contribution in [0.5, 0.6) is 17.2 Å². The van der Waals surface area contributed by atoms with Gasteiger partial charge in [0.15, 0.2) is 17.3 Å². The Morgan fingerprint density at radius 2 is 1.72 bits per heavy atom. The van der Waals surface area contributed by atoms with Crippen LogP contribution in [0.1, 0.15) is 76.1 Å². The van der Waals surface area contributed by atoms with Crippen molar-refractivity contribution in [2.45, 2.75) is 73.3 Å². The molecule has 0 saturated heterocycles. The molecule has 7 nitrogen and oxygen atoms in total. The van der Waals surface area contributed by atoms with Crippen LogP contribution in [0.2, 0.25) is 0 Å². The zero-order chi connectivity index (χ0) is 31.1. The summed E-state index contributed by atoms with van der Waals surface area (Å²) in [6, 6.07) is 15.4. The van der Waals surface area contributed by atoms with Crippen LogP contribution in [0.25, 0.3) is 22.3 Å². The molecule has 226 valence electrons. The molecule has 0 aliphatic rings. The Morgan fingerprint density at radius 3 is 2.40 bits per heavy atom. The van der Waals surface area contributed by atoms with E-state index in [4.69, 9.17) is 24.3 Å². The van der Waals surface area contributed by atoms with Gasteiger partial charge in [0.2, 0.25) is 0 Å². The fourth-order valence-corrected chi connectivity index (χ4v) is 4.95. The van der Waals surface area contributed by atoms with E-state index >= 15 is 0 Å². The van der Waals surface area contributed by atoms with Gasteiger partial charge >= 0.3 is 0 Å². The maximum absolute atomic E-state index is 13.9. The summed E-state index contributed by atoms with van der Waals surface area (Å²) in [4.78, 5) is 18.9. The van der Waals surface area contributed by atoms with Crippen molar-refractivity contribution < 1.29 is 14.2 Å². The number of nitrogens with zero attached hydrogens (tertiary/aromatic N) is 3. The van der Waals surface area contributed by atoms with Crippen molar-refractivity contribution in [3.8, 4) is 28.6 Å². The minimum atomic E-state index is -0.246. The van der Waals surface area contributed by atoms with Gasteiger partial charge in [-0.25, -0.2) is 4.98 Å². The van der Waals surface area contributed by atoms with Gasteiger partial charge in [0.05, 0.1) is 36.4 Å². The minimum Gasteiger partial charge on any atom is -0.494 e. The van der Waals surface area contributed by atoms with Crippen LogP contribution in [0.15, 0.2) is 71.1 Å². The molecule has 43 heavy (non-hydrogen) atoms. The van der Waals surface area contributed by atoms with E-state index in [1.54, 1.807) is 12.3 Å². The highest BCUT2D eigenvalue weighted by atomic mass is 16.5. The lowest BCUT2D eigenvalue weighted by Gasteiger charge is -2.20. The minimum absolute atomic E-state index is 0.0279. The predicted octanol–water partition coefficient (Wildman–Crippen LogP) is 8.08. The first-order valence-corrected chi connectivity index (χ1v) is 15.1. The Bertz CT molecular complexity index is 1690. The predicted molar refractivity (Wildman–Crippen MR) is 176 cm³/mol. The van der Waals surface area contributed by atoms with E-state index in [1.807, 2.05) is 70.2 Å². The van der Waals surface area contributed by atoms with Crippen molar-refractivity contribution in [1.29, 1.82) is 0 Å². The summed E-state index contributed by atoms with van der Waals surface area (Å²) in [7, 11) is 0. The van der Waals surface area contributed by atoms with Gasteiger partial charge in [-0.1, -0.05) is 39.0 Å². The molecule has 0 radical (unpaired) electrons.